The average molecular weight is 405 g/mol. The standard InChI is InChI=1S/C18H23Cl2N3O.ClH/c19-14-2-1-3-15(20)16(14)18(5-6-18)17(24)23-9-4-13(12-23)22-10-7-21-8-11-22;/h1-3,13,21H,4-12H2;1H. The molecule has 2 heterocycles. The minimum Gasteiger partial charge on any atom is -0.340 e. The molecule has 3 aliphatic rings. The first kappa shape index (κ1) is 19.2. The van der Waals surface area contributed by atoms with E-state index in [4.69, 9.17) is 23.2 Å². The highest BCUT2D eigenvalue weighted by atomic mass is 35.5. The van der Waals surface area contributed by atoms with Gasteiger partial charge in [-0.15, -0.1) is 12.4 Å². The lowest BCUT2D eigenvalue weighted by Gasteiger charge is -2.33. The van der Waals surface area contributed by atoms with Crippen molar-refractivity contribution >= 4 is 41.5 Å². The van der Waals surface area contributed by atoms with E-state index in [1.807, 2.05) is 23.1 Å². The van der Waals surface area contributed by atoms with Crippen LogP contribution >= 0.6 is 35.6 Å². The molecule has 2 aliphatic heterocycles. The number of carbonyl (C=O) groups is 1. The van der Waals surface area contributed by atoms with Crippen molar-refractivity contribution in [3.63, 3.8) is 0 Å². The molecular weight excluding hydrogens is 381 g/mol. The van der Waals surface area contributed by atoms with Crippen molar-refractivity contribution in [3.8, 4) is 0 Å². The minimum atomic E-state index is -0.478. The topological polar surface area (TPSA) is 35.6 Å². The fourth-order valence-electron chi connectivity index (χ4n) is 4.23. The number of amides is 1. The molecule has 7 heteroatoms. The van der Waals surface area contributed by atoms with E-state index in [0.717, 1.165) is 64.1 Å². The Kier molecular flexibility index (Phi) is 5.86. The smallest absolute Gasteiger partial charge is 0.233 e. The molecule has 1 atom stereocenters. The van der Waals surface area contributed by atoms with E-state index in [1.165, 1.54) is 0 Å². The van der Waals surface area contributed by atoms with E-state index in [2.05, 4.69) is 10.2 Å². The van der Waals surface area contributed by atoms with Crippen LogP contribution in [0.1, 0.15) is 24.8 Å². The van der Waals surface area contributed by atoms with E-state index in [9.17, 15) is 4.79 Å². The molecule has 1 aromatic carbocycles. The molecule has 1 unspecified atom stereocenters. The van der Waals surface area contributed by atoms with E-state index >= 15 is 0 Å². The monoisotopic (exact) mass is 403 g/mol. The molecule has 4 rings (SSSR count). The third-order valence-electron chi connectivity index (χ3n) is 5.72. The molecule has 4 nitrogen and oxygen atoms in total. The Morgan fingerprint density at radius 3 is 2.36 bits per heavy atom. The zero-order chi connectivity index (χ0) is 16.7. The zero-order valence-electron chi connectivity index (χ0n) is 14.1. The van der Waals surface area contributed by atoms with Crippen LogP contribution in [0.15, 0.2) is 18.2 Å². The molecule has 0 aromatic heterocycles. The first-order chi connectivity index (χ1) is 11.6. The molecule has 0 bridgehead atoms. The molecule has 1 amide bonds. The summed E-state index contributed by atoms with van der Waals surface area (Å²) in [6.07, 6.45) is 2.77. The summed E-state index contributed by atoms with van der Waals surface area (Å²) in [4.78, 5) is 17.8. The van der Waals surface area contributed by atoms with Crippen LogP contribution in [0.5, 0.6) is 0 Å². The highest BCUT2D eigenvalue weighted by Crippen LogP contribution is 2.54. The highest BCUT2D eigenvalue weighted by molar-refractivity contribution is 6.36. The lowest BCUT2D eigenvalue weighted by molar-refractivity contribution is -0.133. The molecule has 3 fully saturated rings. The molecule has 138 valence electrons. The summed E-state index contributed by atoms with van der Waals surface area (Å²) < 4.78 is 0. The molecule has 25 heavy (non-hydrogen) atoms. The fourth-order valence-corrected chi connectivity index (χ4v) is 4.98. The van der Waals surface area contributed by atoms with Crippen molar-refractivity contribution in [1.82, 2.24) is 15.1 Å². The maximum absolute atomic E-state index is 13.2. The van der Waals surface area contributed by atoms with Crippen molar-refractivity contribution in [2.24, 2.45) is 0 Å². The van der Waals surface area contributed by atoms with Crippen molar-refractivity contribution < 1.29 is 4.79 Å². The van der Waals surface area contributed by atoms with Gasteiger partial charge in [0.15, 0.2) is 0 Å². The Hall–Kier alpha value is -0.520. The van der Waals surface area contributed by atoms with E-state index < -0.39 is 5.41 Å². The molecule has 0 radical (unpaired) electrons. The highest BCUT2D eigenvalue weighted by Gasteiger charge is 2.55. The third kappa shape index (κ3) is 3.52. The van der Waals surface area contributed by atoms with Gasteiger partial charge in [0.2, 0.25) is 5.91 Å². The maximum atomic E-state index is 13.2. The van der Waals surface area contributed by atoms with Crippen LogP contribution in [0.4, 0.5) is 0 Å². The number of carbonyl (C=O) groups excluding carboxylic acids is 1. The SMILES string of the molecule is Cl.O=C(N1CCC(N2CCNCC2)C1)C1(c2c(Cl)cccc2Cl)CC1. The first-order valence-corrected chi connectivity index (χ1v) is 9.56. The summed E-state index contributed by atoms with van der Waals surface area (Å²) >= 11 is 12.8. The maximum Gasteiger partial charge on any atom is 0.233 e. The quantitative estimate of drug-likeness (QED) is 0.841. The predicted molar refractivity (Wildman–Crippen MR) is 104 cm³/mol. The fraction of sp³-hybridized carbons (Fsp3) is 0.611. The summed E-state index contributed by atoms with van der Waals surface area (Å²) in [5.41, 5.74) is 0.359. The van der Waals surface area contributed by atoms with Gasteiger partial charge in [-0.3, -0.25) is 9.69 Å². The summed E-state index contributed by atoms with van der Waals surface area (Å²) in [5, 5.41) is 4.62. The Morgan fingerprint density at radius 2 is 1.76 bits per heavy atom. The molecule has 0 spiro atoms. The number of piperazine rings is 1. The lowest BCUT2D eigenvalue weighted by atomic mass is 9.94. The van der Waals surface area contributed by atoms with Gasteiger partial charge in [0, 0.05) is 60.9 Å². The summed E-state index contributed by atoms with van der Waals surface area (Å²) in [7, 11) is 0. The number of halogens is 3. The minimum absolute atomic E-state index is 0. The van der Waals surface area contributed by atoms with Crippen molar-refractivity contribution in [2.45, 2.75) is 30.7 Å². The van der Waals surface area contributed by atoms with Gasteiger partial charge in [-0.05, 0) is 31.4 Å². The molecule has 1 N–H and O–H groups in total. The number of likely N-dealkylation sites (tertiary alicyclic amines) is 1. The average Bonchev–Trinajstić information content (AvgIpc) is 3.23. The third-order valence-corrected chi connectivity index (χ3v) is 6.35. The van der Waals surface area contributed by atoms with Gasteiger partial charge in [-0.1, -0.05) is 29.3 Å². The molecule has 1 aromatic rings. The van der Waals surface area contributed by atoms with Crippen LogP contribution in [0.3, 0.4) is 0 Å². The van der Waals surface area contributed by atoms with Gasteiger partial charge >= 0.3 is 0 Å². The molecular formula is C18H24Cl3N3O. The largest absolute Gasteiger partial charge is 0.340 e. The number of nitrogens with zero attached hydrogens (tertiary/aromatic N) is 2. The van der Waals surface area contributed by atoms with Gasteiger partial charge in [0.1, 0.15) is 0 Å². The predicted octanol–water partition coefficient (Wildman–Crippen LogP) is 2.95. The second kappa shape index (κ2) is 7.61. The van der Waals surface area contributed by atoms with Crippen molar-refractivity contribution in [1.29, 1.82) is 0 Å². The number of hydrogen-bond acceptors (Lipinski definition) is 3. The van der Waals surface area contributed by atoms with E-state index in [0.29, 0.717) is 16.1 Å². The van der Waals surface area contributed by atoms with Gasteiger partial charge in [0.05, 0.1) is 5.41 Å². The van der Waals surface area contributed by atoms with Gasteiger partial charge in [0.25, 0.3) is 0 Å². The van der Waals surface area contributed by atoms with Crippen LogP contribution < -0.4 is 5.32 Å². The van der Waals surface area contributed by atoms with Crippen LogP contribution in [0.2, 0.25) is 10.0 Å². The molecule has 1 saturated carbocycles. The number of nitrogens with one attached hydrogen (secondary N) is 1. The summed E-state index contributed by atoms with van der Waals surface area (Å²) in [6, 6.07) is 6.01. The van der Waals surface area contributed by atoms with Crippen LogP contribution in [-0.4, -0.2) is 61.0 Å². The lowest BCUT2D eigenvalue weighted by Crippen LogP contribution is -2.49. The van der Waals surface area contributed by atoms with Crippen LogP contribution in [0, 0.1) is 0 Å². The Bertz CT molecular complexity index is 624. The Balaban J connectivity index is 0.00000182. The van der Waals surface area contributed by atoms with Crippen molar-refractivity contribution in [3.05, 3.63) is 33.8 Å². The Morgan fingerprint density at radius 1 is 1.12 bits per heavy atom. The summed E-state index contributed by atoms with van der Waals surface area (Å²) in [6.45, 7) is 5.93. The van der Waals surface area contributed by atoms with E-state index in [-0.39, 0.29) is 18.3 Å². The second-order valence-electron chi connectivity index (χ2n) is 7.16. The normalized spacial score (nSPS) is 25.5. The second-order valence-corrected chi connectivity index (χ2v) is 7.97. The van der Waals surface area contributed by atoms with Gasteiger partial charge in [-0.25, -0.2) is 0 Å². The van der Waals surface area contributed by atoms with Crippen LogP contribution in [0.25, 0.3) is 0 Å². The van der Waals surface area contributed by atoms with E-state index in [1.54, 1.807) is 0 Å². The van der Waals surface area contributed by atoms with Crippen molar-refractivity contribution in [2.75, 3.05) is 39.3 Å². The number of hydrogen-bond donors (Lipinski definition) is 1. The summed E-state index contributed by atoms with van der Waals surface area (Å²) in [5.74, 6) is 0.218. The van der Waals surface area contributed by atoms with Crippen LogP contribution in [-0.2, 0) is 10.2 Å². The zero-order valence-corrected chi connectivity index (χ0v) is 16.5. The number of benzene rings is 1. The Labute approximate surface area is 165 Å². The number of rotatable bonds is 3. The molecule has 2 saturated heterocycles. The first-order valence-electron chi connectivity index (χ1n) is 8.80. The van der Waals surface area contributed by atoms with Gasteiger partial charge < -0.3 is 10.2 Å². The molecule has 1 aliphatic carbocycles. The van der Waals surface area contributed by atoms with Gasteiger partial charge in [-0.2, -0.15) is 0 Å².